The summed E-state index contributed by atoms with van der Waals surface area (Å²) in [7, 11) is 3.93. The molecule has 1 aromatic heterocycles. The summed E-state index contributed by atoms with van der Waals surface area (Å²) in [5.41, 5.74) is -0.374. The molecule has 0 radical (unpaired) electrons. The zero-order valence-electron chi connectivity index (χ0n) is 12.3. The van der Waals surface area contributed by atoms with Gasteiger partial charge in [0.1, 0.15) is 5.82 Å². The Morgan fingerprint density at radius 2 is 2.14 bits per heavy atom. The minimum absolute atomic E-state index is 0.374. The zero-order chi connectivity index (χ0) is 15.5. The predicted octanol–water partition coefficient (Wildman–Crippen LogP) is 2.01. The van der Waals surface area contributed by atoms with Crippen molar-refractivity contribution in [3.8, 4) is 0 Å². The van der Waals surface area contributed by atoms with Crippen molar-refractivity contribution in [1.29, 1.82) is 0 Å². The minimum Gasteiger partial charge on any atom is -0.465 e. The lowest BCUT2D eigenvalue weighted by Gasteiger charge is -2.43. The van der Waals surface area contributed by atoms with Gasteiger partial charge in [-0.25, -0.2) is 9.78 Å². The number of hydrogen-bond donors (Lipinski definition) is 2. The summed E-state index contributed by atoms with van der Waals surface area (Å²) < 4.78 is 0.956. The number of piperidine rings is 1. The average Bonchev–Trinajstić information content (AvgIpc) is 2.39. The third kappa shape index (κ3) is 4.31. The topological polar surface area (TPSA) is 68.7 Å². The first-order chi connectivity index (χ1) is 9.90. The molecule has 2 N–H and O–H groups in total. The molecular weight excluding hydrogens is 336 g/mol. The van der Waals surface area contributed by atoms with E-state index in [1.54, 1.807) is 6.20 Å². The second-order valence-electron chi connectivity index (χ2n) is 5.77. The molecule has 1 aliphatic rings. The molecule has 21 heavy (non-hydrogen) atoms. The van der Waals surface area contributed by atoms with Gasteiger partial charge in [-0.05, 0) is 55.0 Å². The molecule has 0 spiro atoms. The van der Waals surface area contributed by atoms with E-state index in [0.29, 0.717) is 6.54 Å². The lowest BCUT2D eigenvalue weighted by molar-refractivity contribution is 0.151. The van der Waals surface area contributed by atoms with Crippen LogP contribution < -0.4 is 10.2 Å². The molecule has 0 atom stereocenters. The number of anilines is 1. The predicted molar refractivity (Wildman–Crippen MR) is 85.8 cm³/mol. The SMILES string of the molecule is CN(C)CC1(NC(=O)O)CCN(c2ccc(Br)cn2)CC1. The third-order valence-electron chi connectivity index (χ3n) is 3.75. The first-order valence-electron chi connectivity index (χ1n) is 6.93. The Morgan fingerprint density at radius 3 is 2.62 bits per heavy atom. The fourth-order valence-electron chi connectivity index (χ4n) is 2.87. The van der Waals surface area contributed by atoms with Crippen LogP contribution in [0.4, 0.5) is 10.6 Å². The molecule has 6 nitrogen and oxygen atoms in total. The molecule has 1 aliphatic heterocycles. The van der Waals surface area contributed by atoms with Crippen LogP contribution in [0.1, 0.15) is 12.8 Å². The molecule has 1 saturated heterocycles. The summed E-state index contributed by atoms with van der Waals surface area (Å²) in [6, 6.07) is 3.95. The van der Waals surface area contributed by atoms with Crippen molar-refractivity contribution in [2.75, 3.05) is 38.6 Å². The second-order valence-corrected chi connectivity index (χ2v) is 6.69. The van der Waals surface area contributed by atoms with Gasteiger partial charge < -0.3 is 20.2 Å². The van der Waals surface area contributed by atoms with Crippen molar-refractivity contribution in [3.05, 3.63) is 22.8 Å². The Bertz CT molecular complexity index is 484. The van der Waals surface area contributed by atoms with Gasteiger partial charge in [-0.1, -0.05) is 0 Å². The molecule has 0 aliphatic carbocycles. The smallest absolute Gasteiger partial charge is 0.405 e. The maximum atomic E-state index is 11.1. The molecule has 1 aromatic rings. The summed E-state index contributed by atoms with van der Waals surface area (Å²) in [6.07, 6.45) is 2.38. The van der Waals surface area contributed by atoms with E-state index in [1.165, 1.54) is 0 Å². The summed E-state index contributed by atoms with van der Waals surface area (Å²) in [5.74, 6) is 0.937. The van der Waals surface area contributed by atoms with E-state index in [9.17, 15) is 4.79 Å². The van der Waals surface area contributed by atoms with Crippen molar-refractivity contribution < 1.29 is 9.90 Å². The fraction of sp³-hybridized carbons (Fsp3) is 0.571. The quantitative estimate of drug-likeness (QED) is 0.863. The number of carboxylic acid groups (broad SMARTS) is 1. The number of aromatic nitrogens is 1. The van der Waals surface area contributed by atoms with Crippen molar-refractivity contribution in [2.45, 2.75) is 18.4 Å². The van der Waals surface area contributed by atoms with Crippen LogP contribution in [-0.2, 0) is 0 Å². The van der Waals surface area contributed by atoms with Crippen LogP contribution in [0.15, 0.2) is 22.8 Å². The maximum Gasteiger partial charge on any atom is 0.405 e. The monoisotopic (exact) mass is 356 g/mol. The first kappa shape index (κ1) is 16.0. The average molecular weight is 357 g/mol. The Hall–Kier alpha value is -1.34. The maximum absolute atomic E-state index is 11.1. The minimum atomic E-state index is -0.952. The molecule has 1 amide bonds. The largest absolute Gasteiger partial charge is 0.465 e. The third-order valence-corrected chi connectivity index (χ3v) is 4.22. The van der Waals surface area contributed by atoms with Gasteiger partial charge in [-0.15, -0.1) is 0 Å². The molecular formula is C14H21BrN4O2. The number of nitrogens with zero attached hydrogens (tertiary/aromatic N) is 3. The van der Waals surface area contributed by atoms with E-state index in [-0.39, 0.29) is 5.54 Å². The van der Waals surface area contributed by atoms with E-state index < -0.39 is 6.09 Å². The molecule has 0 saturated carbocycles. The van der Waals surface area contributed by atoms with Crippen molar-refractivity contribution in [1.82, 2.24) is 15.2 Å². The van der Waals surface area contributed by atoms with Crippen LogP contribution in [0.5, 0.6) is 0 Å². The van der Waals surface area contributed by atoms with Crippen molar-refractivity contribution in [3.63, 3.8) is 0 Å². The van der Waals surface area contributed by atoms with Gasteiger partial charge in [0.2, 0.25) is 0 Å². The van der Waals surface area contributed by atoms with Gasteiger partial charge >= 0.3 is 6.09 Å². The summed E-state index contributed by atoms with van der Waals surface area (Å²) >= 11 is 3.38. The normalized spacial score (nSPS) is 17.8. The Kier molecular flexibility index (Phi) is 5.05. The summed E-state index contributed by atoms with van der Waals surface area (Å²) in [4.78, 5) is 19.7. The van der Waals surface area contributed by atoms with Crippen molar-refractivity contribution >= 4 is 27.8 Å². The first-order valence-corrected chi connectivity index (χ1v) is 7.72. The second kappa shape index (κ2) is 6.62. The number of amides is 1. The van der Waals surface area contributed by atoms with E-state index >= 15 is 0 Å². The Balaban J connectivity index is 2.04. The highest BCUT2D eigenvalue weighted by Gasteiger charge is 2.36. The van der Waals surface area contributed by atoms with Crippen molar-refractivity contribution in [2.24, 2.45) is 0 Å². The van der Waals surface area contributed by atoms with Crippen LogP contribution in [0.2, 0.25) is 0 Å². The standard InChI is InChI=1S/C14H21BrN4O2/c1-18(2)10-14(17-13(20)21)5-7-19(8-6-14)12-4-3-11(15)9-16-12/h3-4,9,17H,5-8,10H2,1-2H3,(H,20,21). The van der Waals surface area contributed by atoms with Crippen LogP contribution in [0.25, 0.3) is 0 Å². The van der Waals surface area contributed by atoms with Gasteiger partial charge in [-0.3, -0.25) is 0 Å². The molecule has 0 unspecified atom stereocenters. The summed E-state index contributed by atoms with van der Waals surface area (Å²) in [5, 5.41) is 11.8. The number of carbonyl (C=O) groups is 1. The fourth-order valence-corrected chi connectivity index (χ4v) is 3.11. The van der Waals surface area contributed by atoms with Gasteiger partial charge in [-0.2, -0.15) is 0 Å². The van der Waals surface area contributed by atoms with Gasteiger partial charge in [0.05, 0.1) is 5.54 Å². The van der Waals surface area contributed by atoms with Crippen LogP contribution >= 0.6 is 15.9 Å². The molecule has 1 fully saturated rings. The van der Waals surface area contributed by atoms with E-state index in [0.717, 1.165) is 36.2 Å². The van der Waals surface area contributed by atoms with E-state index in [1.807, 2.05) is 31.1 Å². The highest BCUT2D eigenvalue weighted by molar-refractivity contribution is 9.10. The van der Waals surface area contributed by atoms with Crippen LogP contribution in [0.3, 0.4) is 0 Å². The highest BCUT2D eigenvalue weighted by atomic mass is 79.9. The number of likely N-dealkylation sites (N-methyl/N-ethyl adjacent to an activating group) is 1. The summed E-state index contributed by atoms with van der Waals surface area (Å²) in [6.45, 7) is 2.30. The number of rotatable bonds is 4. The van der Waals surface area contributed by atoms with Crippen LogP contribution in [-0.4, -0.2) is 60.4 Å². The Labute approximate surface area is 133 Å². The van der Waals surface area contributed by atoms with Gasteiger partial charge in [0, 0.05) is 30.3 Å². The molecule has 0 bridgehead atoms. The van der Waals surface area contributed by atoms with E-state index in [2.05, 4.69) is 31.1 Å². The molecule has 7 heteroatoms. The van der Waals surface area contributed by atoms with Gasteiger partial charge in [0.15, 0.2) is 0 Å². The lowest BCUT2D eigenvalue weighted by atomic mass is 9.87. The highest BCUT2D eigenvalue weighted by Crippen LogP contribution is 2.26. The lowest BCUT2D eigenvalue weighted by Crippen LogP contribution is -2.59. The molecule has 2 rings (SSSR count). The van der Waals surface area contributed by atoms with Gasteiger partial charge in [0.25, 0.3) is 0 Å². The number of hydrogen-bond acceptors (Lipinski definition) is 4. The zero-order valence-corrected chi connectivity index (χ0v) is 13.9. The number of halogens is 1. The molecule has 116 valence electrons. The molecule has 0 aromatic carbocycles. The Morgan fingerprint density at radius 1 is 1.48 bits per heavy atom. The number of pyridine rings is 1. The van der Waals surface area contributed by atoms with E-state index in [4.69, 9.17) is 5.11 Å². The number of nitrogens with one attached hydrogen (secondary N) is 1. The van der Waals surface area contributed by atoms with Crippen LogP contribution in [0, 0.1) is 0 Å². The molecule has 2 heterocycles.